The Balaban J connectivity index is 1.55. The molecule has 2 N–H and O–H groups in total. The number of anilines is 1. The van der Waals surface area contributed by atoms with Crippen molar-refractivity contribution in [3.8, 4) is 10.6 Å². The Bertz CT molecular complexity index is 923. The zero-order valence-electron chi connectivity index (χ0n) is 14.0. The Labute approximate surface area is 152 Å². The van der Waals surface area contributed by atoms with Crippen molar-refractivity contribution in [1.29, 1.82) is 0 Å². The van der Waals surface area contributed by atoms with Crippen LogP contribution in [0.4, 0.5) is 5.13 Å². The second-order valence-corrected chi connectivity index (χ2v) is 7.65. The molecule has 0 bridgehead atoms. The summed E-state index contributed by atoms with van der Waals surface area (Å²) >= 11 is 3.01. The molecule has 3 aromatic heterocycles. The number of nitrogens with one attached hydrogen (secondary N) is 2. The van der Waals surface area contributed by atoms with E-state index in [0.29, 0.717) is 22.2 Å². The zero-order valence-corrected chi connectivity index (χ0v) is 15.6. The molecular formula is C17H17N3O3S2. The van der Waals surface area contributed by atoms with Crippen molar-refractivity contribution in [2.75, 3.05) is 11.9 Å². The molecule has 0 spiro atoms. The number of amides is 2. The van der Waals surface area contributed by atoms with Gasteiger partial charge in [0.2, 0.25) is 5.91 Å². The highest BCUT2D eigenvalue weighted by Gasteiger charge is 2.15. The SMILES string of the molecule is Cc1cc(C(=O)NCC(=O)Nc2nc(-c3ccc(C)s3)cs2)c(C)o1. The summed E-state index contributed by atoms with van der Waals surface area (Å²) in [7, 11) is 0. The quantitative estimate of drug-likeness (QED) is 0.711. The second kappa shape index (κ2) is 7.20. The predicted molar refractivity (Wildman–Crippen MR) is 99.3 cm³/mol. The van der Waals surface area contributed by atoms with Crippen molar-refractivity contribution in [3.63, 3.8) is 0 Å². The van der Waals surface area contributed by atoms with Gasteiger partial charge in [-0.3, -0.25) is 9.59 Å². The Kier molecular flexibility index (Phi) is 5.00. The molecule has 3 aromatic rings. The average Bonchev–Trinajstić information content (AvgIpc) is 3.25. The molecule has 0 aliphatic heterocycles. The van der Waals surface area contributed by atoms with Gasteiger partial charge in [0.25, 0.3) is 5.91 Å². The molecule has 0 saturated heterocycles. The van der Waals surface area contributed by atoms with Crippen LogP contribution < -0.4 is 10.6 Å². The number of rotatable bonds is 5. The minimum atomic E-state index is -0.335. The smallest absolute Gasteiger partial charge is 0.255 e. The number of nitrogens with zero attached hydrogens (tertiary/aromatic N) is 1. The summed E-state index contributed by atoms with van der Waals surface area (Å²) in [5, 5.41) is 7.69. The highest BCUT2D eigenvalue weighted by atomic mass is 32.1. The van der Waals surface area contributed by atoms with E-state index < -0.39 is 0 Å². The third-order valence-electron chi connectivity index (χ3n) is 3.44. The molecule has 0 fully saturated rings. The van der Waals surface area contributed by atoms with E-state index in [1.165, 1.54) is 16.2 Å². The molecule has 0 aromatic carbocycles. The second-order valence-electron chi connectivity index (χ2n) is 5.51. The lowest BCUT2D eigenvalue weighted by Gasteiger charge is -2.04. The van der Waals surface area contributed by atoms with Gasteiger partial charge in [-0.05, 0) is 39.0 Å². The van der Waals surface area contributed by atoms with Gasteiger partial charge in [-0.25, -0.2) is 4.98 Å². The fraction of sp³-hybridized carbons (Fsp3) is 0.235. The standard InChI is InChI=1S/C17H17N3O3S2/c1-9-6-12(11(3)23-9)16(22)18-7-15(21)20-17-19-13(8-24-17)14-5-4-10(2)25-14/h4-6,8H,7H2,1-3H3,(H,18,22)(H,19,20,21). The molecule has 0 unspecified atom stereocenters. The van der Waals surface area contributed by atoms with Crippen molar-refractivity contribution in [1.82, 2.24) is 10.3 Å². The van der Waals surface area contributed by atoms with Crippen molar-refractivity contribution < 1.29 is 14.0 Å². The van der Waals surface area contributed by atoms with Crippen molar-refractivity contribution in [3.05, 3.63) is 45.5 Å². The first-order valence-electron chi connectivity index (χ1n) is 7.60. The number of aryl methyl sites for hydroxylation is 3. The van der Waals surface area contributed by atoms with E-state index in [1.54, 1.807) is 31.3 Å². The van der Waals surface area contributed by atoms with Crippen LogP contribution in [-0.2, 0) is 4.79 Å². The molecule has 0 saturated carbocycles. The van der Waals surface area contributed by atoms with Crippen LogP contribution in [0.5, 0.6) is 0 Å². The fourth-order valence-corrected chi connectivity index (χ4v) is 3.92. The molecule has 0 aliphatic rings. The van der Waals surface area contributed by atoms with Crippen LogP contribution in [0.1, 0.15) is 26.8 Å². The minimum absolute atomic E-state index is 0.129. The molecule has 0 radical (unpaired) electrons. The minimum Gasteiger partial charge on any atom is -0.466 e. The van der Waals surface area contributed by atoms with Crippen molar-refractivity contribution in [2.45, 2.75) is 20.8 Å². The summed E-state index contributed by atoms with van der Waals surface area (Å²) in [6.07, 6.45) is 0. The van der Waals surface area contributed by atoms with Crippen LogP contribution in [0.15, 0.2) is 28.0 Å². The summed E-state index contributed by atoms with van der Waals surface area (Å²) in [5.41, 5.74) is 1.28. The predicted octanol–water partition coefficient (Wildman–Crippen LogP) is 3.76. The van der Waals surface area contributed by atoms with E-state index in [2.05, 4.69) is 15.6 Å². The van der Waals surface area contributed by atoms with Crippen molar-refractivity contribution in [2.24, 2.45) is 0 Å². The maximum Gasteiger partial charge on any atom is 0.255 e. The van der Waals surface area contributed by atoms with E-state index >= 15 is 0 Å². The monoisotopic (exact) mass is 375 g/mol. The fourth-order valence-electron chi connectivity index (χ4n) is 2.29. The lowest BCUT2D eigenvalue weighted by molar-refractivity contribution is -0.115. The van der Waals surface area contributed by atoms with Crippen LogP contribution in [0, 0.1) is 20.8 Å². The number of hydrogen-bond acceptors (Lipinski definition) is 6. The number of aromatic nitrogens is 1. The summed E-state index contributed by atoms with van der Waals surface area (Å²) in [5.74, 6) is 0.533. The van der Waals surface area contributed by atoms with Crippen LogP contribution in [-0.4, -0.2) is 23.3 Å². The lowest BCUT2D eigenvalue weighted by atomic mass is 10.2. The van der Waals surface area contributed by atoms with Gasteiger partial charge in [-0.2, -0.15) is 0 Å². The summed E-state index contributed by atoms with van der Waals surface area (Å²) in [6.45, 7) is 5.39. The number of carbonyl (C=O) groups is 2. The first-order chi connectivity index (χ1) is 11.9. The molecule has 3 rings (SSSR count). The number of thiophene rings is 1. The molecule has 0 aliphatic carbocycles. The number of hydrogen-bond donors (Lipinski definition) is 2. The van der Waals surface area contributed by atoms with E-state index in [-0.39, 0.29) is 18.4 Å². The molecule has 6 nitrogen and oxygen atoms in total. The highest BCUT2D eigenvalue weighted by molar-refractivity contribution is 7.17. The number of furan rings is 1. The van der Waals surface area contributed by atoms with E-state index in [4.69, 9.17) is 4.42 Å². The third kappa shape index (κ3) is 4.15. The Morgan fingerprint density at radius 3 is 2.68 bits per heavy atom. The zero-order chi connectivity index (χ0) is 18.0. The molecule has 25 heavy (non-hydrogen) atoms. The number of thiazole rings is 1. The van der Waals surface area contributed by atoms with Gasteiger partial charge in [-0.15, -0.1) is 22.7 Å². The normalized spacial score (nSPS) is 10.7. The van der Waals surface area contributed by atoms with Gasteiger partial charge in [0.1, 0.15) is 11.5 Å². The van der Waals surface area contributed by atoms with Crippen LogP contribution in [0.25, 0.3) is 10.6 Å². The third-order valence-corrected chi connectivity index (χ3v) is 5.22. The maximum atomic E-state index is 12.1. The Hall–Kier alpha value is -2.45. The topological polar surface area (TPSA) is 84.2 Å². The molecule has 130 valence electrons. The maximum absolute atomic E-state index is 12.1. The summed E-state index contributed by atoms with van der Waals surface area (Å²) in [6, 6.07) is 5.70. The molecule has 2 amide bonds. The van der Waals surface area contributed by atoms with Gasteiger partial charge < -0.3 is 15.1 Å². The van der Waals surface area contributed by atoms with E-state index in [1.807, 2.05) is 24.4 Å². The summed E-state index contributed by atoms with van der Waals surface area (Å²) < 4.78 is 5.32. The highest BCUT2D eigenvalue weighted by Crippen LogP contribution is 2.30. The van der Waals surface area contributed by atoms with Crippen molar-refractivity contribution >= 4 is 39.6 Å². The average molecular weight is 375 g/mol. The van der Waals surface area contributed by atoms with Crippen LogP contribution >= 0.6 is 22.7 Å². The Morgan fingerprint density at radius 1 is 1.24 bits per heavy atom. The lowest BCUT2D eigenvalue weighted by Crippen LogP contribution is -2.32. The van der Waals surface area contributed by atoms with Gasteiger partial charge in [-0.1, -0.05) is 0 Å². The molecule has 3 heterocycles. The first kappa shape index (κ1) is 17.4. The van der Waals surface area contributed by atoms with Gasteiger partial charge in [0.15, 0.2) is 5.13 Å². The van der Waals surface area contributed by atoms with E-state index in [9.17, 15) is 9.59 Å². The molecule has 0 atom stereocenters. The van der Waals surface area contributed by atoms with Gasteiger partial charge in [0.05, 0.1) is 22.7 Å². The van der Waals surface area contributed by atoms with Crippen LogP contribution in [0.3, 0.4) is 0 Å². The van der Waals surface area contributed by atoms with Crippen LogP contribution in [0.2, 0.25) is 0 Å². The molecular weight excluding hydrogens is 358 g/mol. The molecule has 8 heteroatoms. The van der Waals surface area contributed by atoms with Gasteiger partial charge in [0, 0.05) is 10.3 Å². The Morgan fingerprint density at radius 2 is 2.04 bits per heavy atom. The van der Waals surface area contributed by atoms with E-state index in [0.717, 1.165) is 10.6 Å². The van der Waals surface area contributed by atoms with Gasteiger partial charge >= 0.3 is 0 Å². The first-order valence-corrected chi connectivity index (χ1v) is 9.29. The number of carbonyl (C=O) groups excluding carboxylic acids is 2. The largest absolute Gasteiger partial charge is 0.466 e. The summed E-state index contributed by atoms with van der Waals surface area (Å²) in [4.78, 5) is 30.8.